The Balaban J connectivity index is 0.000000575. The highest BCUT2D eigenvalue weighted by Crippen LogP contribution is 2.41. The molecule has 0 spiro atoms. The van der Waals surface area contributed by atoms with Crippen molar-refractivity contribution in [1.82, 2.24) is 9.80 Å². The smallest absolute Gasteiger partial charge is 0.200 e. The number of aromatic hydroxyl groups is 2. The van der Waals surface area contributed by atoms with Gasteiger partial charge in [-0.25, -0.2) is 0 Å². The van der Waals surface area contributed by atoms with Gasteiger partial charge >= 0.3 is 0 Å². The van der Waals surface area contributed by atoms with Crippen LogP contribution in [0.5, 0.6) is 11.5 Å². The lowest BCUT2D eigenvalue weighted by molar-refractivity contribution is 0.0975. The van der Waals surface area contributed by atoms with E-state index in [2.05, 4.69) is 31.2 Å². The highest BCUT2D eigenvalue weighted by molar-refractivity contribution is 6.33. The van der Waals surface area contributed by atoms with Crippen molar-refractivity contribution in [1.29, 1.82) is 0 Å². The van der Waals surface area contributed by atoms with E-state index < -0.39 is 11.6 Å². The standard InChI is InChI=1S/C18H19N3O4.C4H11N/c1-21(2)8-7-20-10-4-3-9(19)13-14(10)18(25)16-12(23)6-5-11(22)15(16)17(13)24;1-4-5(2)3/h3-6,20,22-23H,7-8,19H2,1-2H3;4H2,1-3H3. The Morgan fingerprint density at radius 2 is 1.33 bits per heavy atom. The maximum atomic E-state index is 13.0. The summed E-state index contributed by atoms with van der Waals surface area (Å²) in [7, 11) is 7.96. The topological polar surface area (TPSA) is 119 Å². The van der Waals surface area contributed by atoms with Crippen LogP contribution in [-0.2, 0) is 0 Å². The van der Waals surface area contributed by atoms with Gasteiger partial charge < -0.3 is 31.1 Å². The number of carbonyl (C=O) groups is 2. The van der Waals surface area contributed by atoms with Crippen LogP contribution in [0.1, 0.15) is 38.8 Å². The van der Waals surface area contributed by atoms with Gasteiger partial charge in [0.2, 0.25) is 11.6 Å². The van der Waals surface area contributed by atoms with Crippen LogP contribution in [0.4, 0.5) is 11.4 Å². The number of fused-ring (bicyclic) bond motifs is 2. The number of phenolic OH excluding ortho intramolecular Hbond substituents is 2. The minimum Gasteiger partial charge on any atom is -0.507 e. The Morgan fingerprint density at radius 1 is 0.833 bits per heavy atom. The summed E-state index contributed by atoms with van der Waals surface area (Å²) in [6.07, 6.45) is 0. The highest BCUT2D eigenvalue weighted by Gasteiger charge is 2.37. The first kappa shape index (κ1) is 23.2. The van der Waals surface area contributed by atoms with Gasteiger partial charge in [0.15, 0.2) is 0 Å². The van der Waals surface area contributed by atoms with Crippen molar-refractivity contribution in [2.75, 3.05) is 58.9 Å². The molecule has 0 aliphatic heterocycles. The Hall–Kier alpha value is -3.10. The van der Waals surface area contributed by atoms with E-state index in [1.165, 1.54) is 12.1 Å². The summed E-state index contributed by atoms with van der Waals surface area (Å²) in [6, 6.07) is 5.56. The van der Waals surface area contributed by atoms with Gasteiger partial charge in [0, 0.05) is 24.5 Å². The number of nitrogens with two attached hydrogens (primary N) is 1. The molecule has 8 nitrogen and oxygen atoms in total. The molecule has 1 aliphatic carbocycles. The number of rotatable bonds is 5. The fraction of sp³-hybridized carbons (Fsp3) is 0.364. The lowest BCUT2D eigenvalue weighted by Crippen LogP contribution is -2.26. The van der Waals surface area contributed by atoms with E-state index in [9.17, 15) is 19.8 Å². The van der Waals surface area contributed by atoms with Gasteiger partial charge in [0.05, 0.1) is 22.3 Å². The number of nitrogen functional groups attached to an aromatic ring is 1. The van der Waals surface area contributed by atoms with E-state index in [0.717, 1.165) is 13.1 Å². The van der Waals surface area contributed by atoms with Crippen LogP contribution in [0.25, 0.3) is 0 Å². The molecule has 1 aliphatic rings. The molecule has 0 unspecified atom stereocenters. The first-order valence-electron chi connectivity index (χ1n) is 9.70. The predicted molar refractivity (Wildman–Crippen MR) is 119 cm³/mol. The molecule has 8 heteroatoms. The summed E-state index contributed by atoms with van der Waals surface area (Å²) in [5, 5.41) is 23.2. The molecule has 0 amide bonds. The average Bonchev–Trinajstić information content (AvgIpc) is 2.68. The van der Waals surface area contributed by atoms with Crippen LogP contribution < -0.4 is 11.1 Å². The SMILES string of the molecule is CCN(C)C.CN(C)CCNc1ccc(N)c2c1C(=O)c1c(O)ccc(O)c1C2=O. The number of hydrogen-bond donors (Lipinski definition) is 4. The molecule has 0 bridgehead atoms. The molecule has 5 N–H and O–H groups in total. The van der Waals surface area contributed by atoms with Crippen molar-refractivity contribution >= 4 is 22.9 Å². The molecule has 0 fully saturated rings. The highest BCUT2D eigenvalue weighted by atomic mass is 16.3. The second-order valence-corrected chi connectivity index (χ2v) is 7.59. The summed E-state index contributed by atoms with van der Waals surface area (Å²) >= 11 is 0. The molecule has 0 atom stereocenters. The van der Waals surface area contributed by atoms with Crippen molar-refractivity contribution in [2.24, 2.45) is 0 Å². The fourth-order valence-corrected chi connectivity index (χ4v) is 2.95. The number of phenols is 2. The lowest BCUT2D eigenvalue weighted by atomic mass is 9.81. The van der Waals surface area contributed by atoms with E-state index in [1.807, 2.05) is 19.0 Å². The Bertz CT molecular complexity index is 955. The van der Waals surface area contributed by atoms with Crippen molar-refractivity contribution in [2.45, 2.75) is 6.92 Å². The second kappa shape index (κ2) is 9.60. The minimum absolute atomic E-state index is 0.0493. The molecule has 162 valence electrons. The molecule has 0 radical (unpaired) electrons. The molecule has 30 heavy (non-hydrogen) atoms. The first-order chi connectivity index (χ1) is 14.1. The normalized spacial score (nSPS) is 12.4. The van der Waals surface area contributed by atoms with Gasteiger partial charge in [0.25, 0.3) is 0 Å². The van der Waals surface area contributed by atoms with Gasteiger partial charge in [-0.1, -0.05) is 6.92 Å². The molecular formula is C22H30N4O4. The number of anilines is 2. The maximum Gasteiger partial charge on any atom is 0.200 e. The van der Waals surface area contributed by atoms with Gasteiger partial charge in [-0.15, -0.1) is 0 Å². The summed E-state index contributed by atoms with van der Waals surface area (Å²) < 4.78 is 0. The molecule has 0 aromatic heterocycles. The molecular weight excluding hydrogens is 384 g/mol. The van der Waals surface area contributed by atoms with Crippen LogP contribution >= 0.6 is 0 Å². The summed E-state index contributed by atoms with van der Waals surface area (Å²) in [5.74, 6) is -1.83. The summed E-state index contributed by atoms with van der Waals surface area (Å²) in [4.78, 5) is 29.9. The van der Waals surface area contributed by atoms with Crippen molar-refractivity contribution in [3.8, 4) is 11.5 Å². The summed E-state index contributed by atoms with van der Waals surface area (Å²) in [6.45, 7) is 4.55. The van der Waals surface area contributed by atoms with Crippen molar-refractivity contribution < 1.29 is 19.8 Å². The van der Waals surface area contributed by atoms with Gasteiger partial charge in [-0.05, 0) is 59.0 Å². The van der Waals surface area contributed by atoms with E-state index >= 15 is 0 Å². The molecule has 0 saturated carbocycles. The molecule has 0 saturated heterocycles. The number of benzene rings is 2. The van der Waals surface area contributed by atoms with Crippen LogP contribution in [0.2, 0.25) is 0 Å². The van der Waals surface area contributed by atoms with E-state index in [0.29, 0.717) is 12.2 Å². The molecule has 0 heterocycles. The van der Waals surface area contributed by atoms with Crippen molar-refractivity contribution in [3.63, 3.8) is 0 Å². The fourth-order valence-electron chi connectivity index (χ4n) is 2.95. The quantitative estimate of drug-likeness (QED) is 0.370. The third-order valence-electron chi connectivity index (χ3n) is 4.81. The lowest BCUT2D eigenvalue weighted by Gasteiger charge is -2.23. The van der Waals surface area contributed by atoms with Crippen LogP contribution in [0.3, 0.4) is 0 Å². The first-order valence-corrected chi connectivity index (χ1v) is 9.70. The van der Waals surface area contributed by atoms with Gasteiger partial charge in [0.1, 0.15) is 11.5 Å². The predicted octanol–water partition coefficient (Wildman–Crippen LogP) is 2.00. The number of nitrogens with zero attached hydrogens (tertiary/aromatic N) is 2. The summed E-state index contributed by atoms with van der Waals surface area (Å²) in [5.41, 5.74) is 6.32. The number of likely N-dealkylation sites (N-methyl/N-ethyl adjacent to an activating group) is 1. The molecule has 2 aromatic carbocycles. The number of nitrogens with one attached hydrogen (secondary N) is 1. The van der Waals surface area contributed by atoms with E-state index in [-0.39, 0.29) is 39.4 Å². The Kier molecular flexibility index (Phi) is 7.42. The number of ketones is 2. The van der Waals surface area contributed by atoms with Gasteiger partial charge in [-0.2, -0.15) is 0 Å². The van der Waals surface area contributed by atoms with E-state index in [1.54, 1.807) is 12.1 Å². The zero-order chi connectivity index (χ0) is 22.6. The van der Waals surface area contributed by atoms with Gasteiger partial charge in [-0.3, -0.25) is 9.59 Å². The number of hydrogen-bond acceptors (Lipinski definition) is 8. The zero-order valence-electron chi connectivity index (χ0n) is 18.1. The van der Waals surface area contributed by atoms with E-state index in [4.69, 9.17) is 5.73 Å². The monoisotopic (exact) mass is 414 g/mol. The van der Waals surface area contributed by atoms with Crippen LogP contribution in [-0.4, -0.2) is 79.4 Å². The molecule has 3 rings (SSSR count). The third kappa shape index (κ3) is 4.72. The third-order valence-corrected chi connectivity index (χ3v) is 4.81. The molecule has 2 aromatic rings. The van der Waals surface area contributed by atoms with Crippen LogP contribution in [0, 0.1) is 0 Å². The Morgan fingerprint density at radius 3 is 1.80 bits per heavy atom. The largest absolute Gasteiger partial charge is 0.507 e. The van der Waals surface area contributed by atoms with Crippen molar-refractivity contribution in [3.05, 3.63) is 46.5 Å². The zero-order valence-corrected chi connectivity index (χ0v) is 18.1. The number of carbonyl (C=O) groups excluding carboxylic acids is 2. The van der Waals surface area contributed by atoms with Crippen LogP contribution in [0.15, 0.2) is 24.3 Å². The second-order valence-electron chi connectivity index (χ2n) is 7.59. The minimum atomic E-state index is -0.577. The maximum absolute atomic E-state index is 13.0. The Labute approximate surface area is 176 Å². The average molecular weight is 415 g/mol.